The maximum absolute atomic E-state index is 6.29. The van der Waals surface area contributed by atoms with Crippen LogP contribution in [0.3, 0.4) is 0 Å². The van der Waals surface area contributed by atoms with Crippen LogP contribution in [-0.4, -0.2) is 12.6 Å². The fourth-order valence-electron chi connectivity index (χ4n) is 3.48. The molecule has 0 saturated heterocycles. The molecule has 21 heavy (non-hydrogen) atoms. The van der Waals surface area contributed by atoms with Gasteiger partial charge in [0, 0.05) is 0 Å². The quantitative estimate of drug-likeness (QED) is 0.853. The van der Waals surface area contributed by atoms with Crippen LogP contribution in [0.5, 0.6) is 0 Å². The molecule has 0 heterocycles. The molecule has 2 nitrogen and oxygen atoms in total. The number of hydrogen-bond acceptors (Lipinski definition) is 2. The Labute approximate surface area is 130 Å². The van der Waals surface area contributed by atoms with Crippen molar-refractivity contribution in [3.63, 3.8) is 0 Å². The Kier molecular flexibility index (Phi) is 6.25. The highest BCUT2D eigenvalue weighted by molar-refractivity contribution is 5.22. The lowest BCUT2D eigenvalue weighted by Gasteiger charge is -2.37. The van der Waals surface area contributed by atoms with E-state index in [4.69, 9.17) is 10.5 Å². The van der Waals surface area contributed by atoms with Crippen molar-refractivity contribution in [2.75, 3.05) is 6.54 Å². The van der Waals surface area contributed by atoms with Gasteiger partial charge in [0.05, 0.1) is 12.7 Å². The number of benzene rings is 1. The van der Waals surface area contributed by atoms with Crippen LogP contribution < -0.4 is 5.73 Å². The fraction of sp³-hybridized carbons (Fsp3) is 0.684. The standard InChI is InChI=1S/C19H31NO/c1-14(2)18-9-4-15(3)12-19(18)21-13-17-7-5-16(6-8-17)10-11-20/h5-8,14-15,18-19H,4,9-13,20H2,1-3H3. The average Bonchev–Trinajstić information content (AvgIpc) is 2.46. The smallest absolute Gasteiger partial charge is 0.0720 e. The van der Waals surface area contributed by atoms with Crippen LogP contribution in [0, 0.1) is 17.8 Å². The monoisotopic (exact) mass is 289 g/mol. The van der Waals surface area contributed by atoms with Crippen LogP contribution in [0.1, 0.15) is 51.2 Å². The van der Waals surface area contributed by atoms with Crippen molar-refractivity contribution in [3.8, 4) is 0 Å². The van der Waals surface area contributed by atoms with Gasteiger partial charge in [-0.25, -0.2) is 0 Å². The van der Waals surface area contributed by atoms with Gasteiger partial charge >= 0.3 is 0 Å². The zero-order chi connectivity index (χ0) is 15.2. The molecule has 0 amide bonds. The summed E-state index contributed by atoms with van der Waals surface area (Å²) >= 11 is 0. The second-order valence-corrected chi connectivity index (χ2v) is 7.03. The number of ether oxygens (including phenoxy) is 1. The second-order valence-electron chi connectivity index (χ2n) is 7.03. The first kappa shape index (κ1) is 16.5. The SMILES string of the molecule is CC1CCC(C(C)C)C(OCc2ccc(CCN)cc2)C1. The first-order valence-electron chi connectivity index (χ1n) is 8.49. The van der Waals surface area contributed by atoms with E-state index in [0.717, 1.165) is 30.8 Å². The van der Waals surface area contributed by atoms with Crippen molar-refractivity contribution in [3.05, 3.63) is 35.4 Å². The van der Waals surface area contributed by atoms with Gasteiger partial charge in [-0.3, -0.25) is 0 Å². The molecule has 0 radical (unpaired) electrons. The van der Waals surface area contributed by atoms with Gasteiger partial charge in [0.2, 0.25) is 0 Å². The molecule has 1 aromatic rings. The highest BCUT2D eigenvalue weighted by Crippen LogP contribution is 2.35. The van der Waals surface area contributed by atoms with Gasteiger partial charge < -0.3 is 10.5 Å². The van der Waals surface area contributed by atoms with E-state index in [0.29, 0.717) is 12.6 Å². The molecule has 2 rings (SSSR count). The Morgan fingerprint density at radius 3 is 2.43 bits per heavy atom. The number of hydrogen-bond donors (Lipinski definition) is 1. The molecule has 0 aliphatic heterocycles. The molecule has 1 aromatic carbocycles. The maximum Gasteiger partial charge on any atom is 0.0720 e. The van der Waals surface area contributed by atoms with E-state index in [1.165, 1.54) is 30.4 Å². The highest BCUT2D eigenvalue weighted by Gasteiger charge is 2.31. The Morgan fingerprint density at radius 1 is 1.14 bits per heavy atom. The minimum absolute atomic E-state index is 0.428. The largest absolute Gasteiger partial charge is 0.373 e. The predicted octanol–water partition coefficient (Wildman–Crippen LogP) is 4.17. The molecule has 0 bridgehead atoms. The maximum atomic E-state index is 6.29. The summed E-state index contributed by atoms with van der Waals surface area (Å²) in [5.74, 6) is 2.24. The van der Waals surface area contributed by atoms with Gasteiger partial charge in [-0.15, -0.1) is 0 Å². The third kappa shape index (κ3) is 4.82. The molecule has 3 atom stereocenters. The topological polar surface area (TPSA) is 35.2 Å². The summed E-state index contributed by atoms with van der Waals surface area (Å²) in [6.45, 7) is 8.47. The lowest BCUT2D eigenvalue weighted by atomic mass is 9.75. The van der Waals surface area contributed by atoms with Crippen LogP contribution in [0.2, 0.25) is 0 Å². The summed E-state index contributed by atoms with van der Waals surface area (Å²) in [7, 11) is 0. The summed E-state index contributed by atoms with van der Waals surface area (Å²) in [5.41, 5.74) is 8.17. The van der Waals surface area contributed by atoms with Gasteiger partial charge in [-0.05, 0) is 54.7 Å². The van der Waals surface area contributed by atoms with Gasteiger partial charge in [0.15, 0.2) is 0 Å². The second kappa shape index (κ2) is 7.95. The molecule has 118 valence electrons. The van der Waals surface area contributed by atoms with Crippen molar-refractivity contribution < 1.29 is 4.74 Å². The van der Waals surface area contributed by atoms with E-state index in [-0.39, 0.29) is 0 Å². The first-order valence-corrected chi connectivity index (χ1v) is 8.49. The molecular weight excluding hydrogens is 258 g/mol. The van der Waals surface area contributed by atoms with Crippen molar-refractivity contribution in [1.29, 1.82) is 0 Å². The zero-order valence-corrected chi connectivity index (χ0v) is 13.8. The van der Waals surface area contributed by atoms with E-state index in [1.54, 1.807) is 0 Å². The Bertz CT molecular complexity index is 412. The Morgan fingerprint density at radius 2 is 1.81 bits per heavy atom. The summed E-state index contributed by atoms with van der Waals surface area (Å²) in [5, 5.41) is 0. The fourth-order valence-corrected chi connectivity index (χ4v) is 3.48. The van der Waals surface area contributed by atoms with Crippen molar-refractivity contribution in [1.82, 2.24) is 0 Å². The lowest BCUT2D eigenvalue weighted by molar-refractivity contribution is -0.0472. The number of nitrogens with two attached hydrogens (primary N) is 1. The molecule has 0 aromatic heterocycles. The van der Waals surface area contributed by atoms with E-state index >= 15 is 0 Å². The number of rotatable bonds is 6. The van der Waals surface area contributed by atoms with Crippen molar-refractivity contribution in [2.45, 2.75) is 59.2 Å². The molecule has 3 unspecified atom stereocenters. The third-order valence-corrected chi connectivity index (χ3v) is 4.88. The molecule has 2 N–H and O–H groups in total. The van der Waals surface area contributed by atoms with Gasteiger partial charge in [-0.1, -0.05) is 51.5 Å². The molecular formula is C19H31NO. The predicted molar refractivity (Wildman–Crippen MR) is 89.1 cm³/mol. The minimum Gasteiger partial charge on any atom is -0.373 e. The van der Waals surface area contributed by atoms with Crippen LogP contribution in [0.25, 0.3) is 0 Å². The van der Waals surface area contributed by atoms with Crippen LogP contribution >= 0.6 is 0 Å². The summed E-state index contributed by atoms with van der Waals surface area (Å²) < 4.78 is 6.29. The van der Waals surface area contributed by atoms with Crippen molar-refractivity contribution >= 4 is 0 Å². The lowest BCUT2D eigenvalue weighted by Crippen LogP contribution is -2.34. The highest BCUT2D eigenvalue weighted by atomic mass is 16.5. The molecule has 1 fully saturated rings. The van der Waals surface area contributed by atoms with Crippen LogP contribution in [0.4, 0.5) is 0 Å². The molecule has 2 heteroatoms. The molecule has 1 aliphatic carbocycles. The molecule has 1 aliphatic rings. The zero-order valence-electron chi connectivity index (χ0n) is 13.8. The minimum atomic E-state index is 0.428. The van der Waals surface area contributed by atoms with Gasteiger partial charge in [0.1, 0.15) is 0 Å². The summed E-state index contributed by atoms with van der Waals surface area (Å²) in [4.78, 5) is 0. The van der Waals surface area contributed by atoms with Gasteiger partial charge in [-0.2, -0.15) is 0 Å². The molecule has 1 saturated carbocycles. The van der Waals surface area contributed by atoms with E-state index in [9.17, 15) is 0 Å². The Balaban J connectivity index is 1.90. The van der Waals surface area contributed by atoms with Gasteiger partial charge in [0.25, 0.3) is 0 Å². The first-order chi connectivity index (χ1) is 10.1. The normalized spacial score (nSPS) is 26.2. The van der Waals surface area contributed by atoms with E-state index in [2.05, 4.69) is 45.0 Å². The van der Waals surface area contributed by atoms with Crippen LogP contribution in [0.15, 0.2) is 24.3 Å². The van der Waals surface area contributed by atoms with Crippen molar-refractivity contribution in [2.24, 2.45) is 23.5 Å². The van der Waals surface area contributed by atoms with E-state index < -0.39 is 0 Å². The Hall–Kier alpha value is -0.860. The molecule has 0 spiro atoms. The van der Waals surface area contributed by atoms with Crippen LogP contribution in [-0.2, 0) is 17.8 Å². The summed E-state index contributed by atoms with van der Waals surface area (Å²) in [6, 6.07) is 8.72. The third-order valence-electron chi connectivity index (χ3n) is 4.88. The average molecular weight is 289 g/mol. The summed E-state index contributed by atoms with van der Waals surface area (Å²) in [6.07, 6.45) is 5.28. The van der Waals surface area contributed by atoms with E-state index in [1.807, 2.05) is 0 Å².